The number of rotatable bonds is 1. The standard InChI is InChI=1S/C6H10F3NO2/c7-6(8,9)5-2-10-1-4(3-11)12-5/h4-5,10-11H,1-3H2/t4-,5+/m0/s1. The van der Waals surface area contributed by atoms with Crippen LogP contribution in [0.3, 0.4) is 0 Å². The molecule has 1 fully saturated rings. The summed E-state index contributed by atoms with van der Waals surface area (Å²) in [6.07, 6.45) is -6.88. The second-order valence-corrected chi connectivity index (χ2v) is 2.63. The fourth-order valence-corrected chi connectivity index (χ4v) is 1.00. The molecule has 0 spiro atoms. The fourth-order valence-electron chi connectivity index (χ4n) is 1.00. The minimum absolute atomic E-state index is 0.236. The van der Waals surface area contributed by atoms with Crippen LogP contribution in [-0.2, 0) is 4.74 Å². The number of morpholine rings is 1. The van der Waals surface area contributed by atoms with Gasteiger partial charge in [0.05, 0.1) is 12.7 Å². The van der Waals surface area contributed by atoms with Crippen molar-refractivity contribution in [3.05, 3.63) is 0 Å². The number of aliphatic hydroxyl groups excluding tert-OH is 1. The molecule has 1 rings (SSSR count). The third-order valence-electron chi connectivity index (χ3n) is 1.63. The molecule has 1 saturated heterocycles. The maximum atomic E-state index is 12.0. The summed E-state index contributed by atoms with van der Waals surface area (Å²) in [5.74, 6) is 0. The van der Waals surface area contributed by atoms with Crippen molar-refractivity contribution < 1.29 is 23.0 Å². The Kier molecular flexibility index (Phi) is 2.92. The van der Waals surface area contributed by atoms with Gasteiger partial charge in [0.15, 0.2) is 6.10 Å². The van der Waals surface area contributed by atoms with Gasteiger partial charge in [-0.25, -0.2) is 0 Å². The van der Waals surface area contributed by atoms with Crippen LogP contribution in [0.1, 0.15) is 0 Å². The summed E-state index contributed by atoms with van der Waals surface area (Å²) < 4.78 is 40.6. The molecule has 1 aliphatic heterocycles. The highest BCUT2D eigenvalue weighted by Gasteiger charge is 2.43. The van der Waals surface area contributed by atoms with Crippen molar-refractivity contribution in [3.8, 4) is 0 Å². The summed E-state index contributed by atoms with van der Waals surface area (Å²) >= 11 is 0. The van der Waals surface area contributed by atoms with E-state index in [1.165, 1.54) is 0 Å². The van der Waals surface area contributed by atoms with Crippen LogP contribution >= 0.6 is 0 Å². The highest BCUT2D eigenvalue weighted by Crippen LogP contribution is 2.24. The lowest BCUT2D eigenvalue weighted by Gasteiger charge is -2.30. The summed E-state index contributed by atoms with van der Waals surface area (Å²) in [6.45, 7) is -0.358. The van der Waals surface area contributed by atoms with E-state index < -0.39 is 18.4 Å². The van der Waals surface area contributed by atoms with Crippen molar-refractivity contribution in [1.29, 1.82) is 0 Å². The lowest BCUT2D eigenvalue weighted by Crippen LogP contribution is -2.52. The molecular formula is C6H10F3NO2. The van der Waals surface area contributed by atoms with Gasteiger partial charge in [-0.15, -0.1) is 0 Å². The number of alkyl halides is 3. The molecule has 0 aromatic carbocycles. The SMILES string of the molecule is OC[C@@H]1CNC[C@H](C(F)(F)F)O1. The van der Waals surface area contributed by atoms with E-state index in [0.717, 1.165) is 0 Å². The van der Waals surface area contributed by atoms with Gasteiger partial charge in [0.2, 0.25) is 0 Å². The Morgan fingerprint density at radius 3 is 2.58 bits per heavy atom. The summed E-state index contributed by atoms with van der Waals surface area (Å²) in [5, 5.41) is 11.1. The van der Waals surface area contributed by atoms with E-state index in [9.17, 15) is 13.2 Å². The molecule has 2 N–H and O–H groups in total. The van der Waals surface area contributed by atoms with Crippen LogP contribution in [0.5, 0.6) is 0 Å². The monoisotopic (exact) mass is 185 g/mol. The molecule has 0 aliphatic carbocycles. The minimum atomic E-state index is -4.35. The van der Waals surface area contributed by atoms with Gasteiger partial charge in [0, 0.05) is 13.1 Å². The van der Waals surface area contributed by atoms with Gasteiger partial charge in [-0.2, -0.15) is 13.2 Å². The normalized spacial score (nSPS) is 32.0. The molecular weight excluding hydrogens is 175 g/mol. The quantitative estimate of drug-likeness (QED) is 0.599. The molecule has 0 aromatic heterocycles. The predicted octanol–water partition coefficient (Wildman–Crippen LogP) is -0.102. The number of nitrogens with one attached hydrogen (secondary N) is 1. The third-order valence-corrected chi connectivity index (χ3v) is 1.63. The van der Waals surface area contributed by atoms with Crippen molar-refractivity contribution in [2.24, 2.45) is 0 Å². The largest absolute Gasteiger partial charge is 0.415 e. The minimum Gasteiger partial charge on any atom is -0.394 e. The van der Waals surface area contributed by atoms with Crippen LogP contribution in [0.15, 0.2) is 0 Å². The van der Waals surface area contributed by atoms with Crippen molar-refractivity contribution in [1.82, 2.24) is 5.32 Å². The topological polar surface area (TPSA) is 41.5 Å². The highest BCUT2D eigenvalue weighted by atomic mass is 19.4. The Bertz CT molecular complexity index is 150. The van der Waals surface area contributed by atoms with Crippen LogP contribution in [0, 0.1) is 0 Å². The fraction of sp³-hybridized carbons (Fsp3) is 1.00. The maximum Gasteiger partial charge on any atom is 0.415 e. The summed E-state index contributed by atoms with van der Waals surface area (Å²) in [6, 6.07) is 0. The van der Waals surface area contributed by atoms with Gasteiger partial charge in [-0.05, 0) is 0 Å². The summed E-state index contributed by atoms with van der Waals surface area (Å²) in [4.78, 5) is 0. The number of aliphatic hydroxyl groups is 1. The smallest absolute Gasteiger partial charge is 0.394 e. The Labute approximate surface area is 67.5 Å². The van der Waals surface area contributed by atoms with Crippen molar-refractivity contribution in [3.63, 3.8) is 0 Å². The third kappa shape index (κ3) is 2.33. The van der Waals surface area contributed by atoms with Crippen LogP contribution in [0.25, 0.3) is 0 Å². The van der Waals surface area contributed by atoms with Crippen molar-refractivity contribution >= 4 is 0 Å². The molecule has 12 heavy (non-hydrogen) atoms. The van der Waals surface area contributed by atoms with Crippen LogP contribution in [-0.4, -0.2) is 43.2 Å². The zero-order chi connectivity index (χ0) is 9.19. The van der Waals surface area contributed by atoms with Gasteiger partial charge >= 0.3 is 6.18 Å². The highest BCUT2D eigenvalue weighted by molar-refractivity contribution is 4.78. The molecule has 0 unspecified atom stereocenters. The van der Waals surface area contributed by atoms with E-state index in [1.807, 2.05) is 0 Å². The first-order chi connectivity index (χ1) is 5.54. The number of hydrogen-bond donors (Lipinski definition) is 2. The Balaban J connectivity index is 2.46. The number of halogens is 3. The van der Waals surface area contributed by atoms with Crippen LogP contribution in [0.2, 0.25) is 0 Å². The number of hydrogen-bond acceptors (Lipinski definition) is 3. The lowest BCUT2D eigenvalue weighted by atomic mass is 10.2. The molecule has 6 heteroatoms. The van der Waals surface area contributed by atoms with E-state index in [1.54, 1.807) is 0 Å². The summed E-state index contributed by atoms with van der Waals surface area (Å²) in [7, 11) is 0. The van der Waals surface area contributed by atoms with Gasteiger partial charge in [0.1, 0.15) is 0 Å². The molecule has 0 amide bonds. The molecule has 1 heterocycles. The van der Waals surface area contributed by atoms with Gasteiger partial charge in [-0.3, -0.25) is 0 Å². The molecule has 3 nitrogen and oxygen atoms in total. The van der Waals surface area contributed by atoms with Crippen LogP contribution < -0.4 is 5.32 Å². The van der Waals surface area contributed by atoms with E-state index in [0.29, 0.717) is 0 Å². The average Bonchev–Trinajstić information content (AvgIpc) is 2.03. The van der Waals surface area contributed by atoms with Gasteiger partial charge in [0.25, 0.3) is 0 Å². The predicted molar refractivity (Wildman–Crippen MR) is 34.7 cm³/mol. The molecule has 2 atom stereocenters. The first-order valence-corrected chi connectivity index (χ1v) is 3.58. The number of ether oxygens (including phenoxy) is 1. The van der Waals surface area contributed by atoms with Crippen molar-refractivity contribution in [2.75, 3.05) is 19.7 Å². The van der Waals surface area contributed by atoms with Crippen LogP contribution in [0.4, 0.5) is 13.2 Å². The van der Waals surface area contributed by atoms with Gasteiger partial charge < -0.3 is 15.2 Å². The molecule has 1 aliphatic rings. The Morgan fingerprint density at radius 1 is 1.42 bits per heavy atom. The van der Waals surface area contributed by atoms with Crippen molar-refractivity contribution in [2.45, 2.75) is 18.4 Å². The first kappa shape index (κ1) is 9.76. The molecule has 0 bridgehead atoms. The summed E-state index contributed by atoms with van der Waals surface area (Å²) in [5.41, 5.74) is 0. The maximum absolute atomic E-state index is 12.0. The molecule has 72 valence electrons. The first-order valence-electron chi connectivity index (χ1n) is 3.58. The Hall–Kier alpha value is -0.330. The average molecular weight is 185 g/mol. The van der Waals surface area contributed by atoms with E-state index in [4.69, 9.17) is 5.11 Å². The zero-order valence-corrected chi connectivity index (χ0v) is 6.27. The zero-order valence-electron chi connectivity index (χ0n) is 6.27. The van der Waals surface area contributed by atoms with E-state index in [2.05, 4.69) is 10.1 Å². The van der Waals surface area contributed by atoms with Gasteiger partial charge in [-0.1, -0.05) is 0 Å². The van der Waals surface area contributed by atoms with E-state index >= 15 is 0 Å². The Morgan fingerprint density at radius 2 is 2.08 bits per heavy atom. The molecule has 0 aromatic rings. The molecule has 0 radical (unpaired) electrons. The molecule has 0 saturated carbocycles. The van der Waals surface area contributed by atoms with E-state index in [-0.39, 0.29) is 19.7 Å². The lowest BCUT2D eigenvalue weighted by molar-refractivity contribution is -0.242. The second kappa shape index (κ2) is 3.59. The second-order valence-electron chi connectivity index (χ2n) is 2.63.